The zero-order valence-electron chi connectivity index (χ0n) is 12.5. The van der Waals surface area contributed by atoms with Crippen LogP contribution >= 0.6 is 0 Å². The fraction of sp³-hybridized carbons (Fsp3) is 0.375. The number of benzene rings is 1. The van der Waals surface area contributed by atoms with Crippen molar-refractivity contribution in [2.45, 2.75) is 33.8 Å². The molecule has 2 aromatic rings. The summed E-state index contributed by atoms with van der Waals surface area (Å²) in [7, 11) is 1.35. The Balaban J connectivity index is 2.74. The van der Waals surface area contributed by atoms with Crippen LogP contribution < -0.4 is 4.74 Å². The van der Waals surface area contributed by atoms with E-state index < -0.39 is 5.97 Å². The van der Waals surface area contributed by atoms with Gasteiger partial charge in [0.2, 0.25) is 0 Å². The standard InChI is InChI=1S/C16H19NO3/c1-9(2)20-14-8-13(16(18)19-5)17-15-11(4)10(3)6-7-12(14)15/h6-9H,1-5H3. The molecule has 106 valence electrons. The second kappa shape index (κ2) is 5.49. The van der Waals surface area contributed by atoms with E-state index >= 15 is 0 Å². The molecule has 0 spiro atoms. The molecule has 0 saturated carbocycles. The van der Waals surface area contributed by atoms with Gasteiger partial charge in [-0.05, 0) is 44.9 Å². The second-order valence-electron chi connectivity index (χ2n) is 5.07. The van der Waals surface area contributed by atoms with Gasteiger partial charge < -0.3 is 9.47 Å². The van der Waals surface area contributed by atoms with Crippen LogP contribution in [0.2, 0.25) is 0 Å². The lowest BCUT2D eigenvalue weighted by Gasteiger charge is -2.15. The van der Waals surface area contributed by atoms with Crippen molar-refractivity contribution < 1.29 is 14.3 Å². The number of ether oxygens (including phenoxy) is 2. The SMILES string of the molecule is COC(=O)c1cc(OC(C)C)c2ccc(C)c(C)c2n1. The van der Waals surface area contributed by atoms with E-state index in [-0.39, 0.29) is 11.8 Å². The van der Waals surface area contributed by atoms with Crippen LogP contribution in [-0.2, 0) is 4.74 Å². The van der Waals surface area contributed by atoms with Crippen molar-refractivity contribution in [2.75, 3.05) is 7.11 Å². The fourth-order valence-corrected chi connectivity index (χ4v) is 2.06. The van der Waals surface area contributed by atoms with Gasteiger partial charge in [0.25, 0.3) is 0 Å². The number of nitrogens with zero attached hydrogens (tertiary/aromatic N) is 1. The van der Waals surface area contributed by atoms with Crippen molar-refractivity contribution in [3.8, 4) is 5.75 Å². The first-order valence-electron chi connectivity index (χ1n) is 6.60. The minimum Gasteiger partial charge on any atom is -0.490 e. The third-order valence-corrected chi connectivity index (χ3v) is 3.22. The molecule has 0 atom stereocenters. The highest BCUT2D eigenvalue weighted by molar-refractivity contribution is 5.95. The summed E-state index contributed by atoms with van der Waals surface area (Å²) in [5.41, 5.74) is 3.22. The number of hydrogen-bond donors (Lipinski definition) is 0. The van der Waals surface area contributed by atoms with E-state index in [1.807, 2.05) is 39.8 Å². The third-order valence-electron chi connectivity index (χ3n) is 3.22. The van der Waals surface area contributed by atoms with Gasteiger partial charge in [-0.25, -0.2) is 9.78 Å². The second-order valence-corrected chi connectivity index (χ2v) is 5.07. The minimum absolute atomic E-state index is 0.0210. The molecule has 0 aliphatic rings. The van der Waals surface area contributed by atoms with Gasteiger partial charge in [0, 0.05) is 11.5 Å². The molecule has 0 aliphatic heterocycles. The maximum atomic E-state index is 11.8. The number of carbonyl (C=O) groups excluding carboxylic acids is 1. The highest BCUT2D eigenvalue weighted by Gasteiger charge is 2.15. The zero-order valence-corrected chi connectivity index (χ0v) is 12.5. The molecular weight excluding hydrogens is 254 g/mol. The van der Waals surface area contributed by atoms with Crippen LogP contribution in [0.25, 0.3) is 10.9 Å². The summed E-state index contributed by atoms with van der Waals surface area (Å²) in [6.07, 6.45) is 0.0210. The Hall–Kier alpha value is -2.10. The Kier molecular flexibility index (Phi) is 3.93. The van der Waals surface area contributed by atoms with Gasteiger partial charge in [-0.1, -0.05) is 6.07 Å². The van der Waals surface area contributed by atoms with Crippen molar-refractivity contribution in [1.82, 2.24) is 4.98 Å². The fourth-order valence-electron chi connectivity index (χ4n) is 2.06. The van der Waals surface area contributed by atoms with Crippen LogP contribution in [0.4, 0.5) is 0 Å². The molecule has 0 fully saturated rings. The molecule has 0 radical (unpaired) electrons. The van der Waals surface area contributed by atoms with Crippen molar-refractivity contribution in [1.29, 1.82) is 0 Å². The number of hydrogen-bond acceptors (Lipinski definition) is 4. The molecule has 20 heavy (non-hydrogen) atoms. The summed E-state index contributed by atoms with van der Waals surface area (Å²) in [5, 5.41) is 0.912. The predicted molar refractivity (Wildman–Crippen MR) is 78.3 cm³/mol. The van der Waals surface area contributed by atoms with Crippen molar-refractivity contribution in [3.63, 3.8) is 0 Å². The molecule has 2 rings (SSSR count). The van der Waals surface area contributed by atoms with Crippen molar-refractivity contribution in [3.05, 3.63) is 35.0 Å². The van der Waals surface area contributed by atoms with Gasteiger partial charge in [-0.15, -0.1) is 0 Å². The molecule has 0 aliphatic carbocycles. The monoisotopic (exact) mass is 273 g/mol. The number of rotatable bonds is 3. The normalized spacial score (nSPS) is 10.9. The van der Waals surface area contributed by atoms with Crippen LogP contribution in [0, 0.1) is 13.8 Å². The Morgan fingerprint density at radius 1 is 1.25 bits per heavy atom. The summed E-state index contributed by atoms with van der Waals surface area (Å²) in [5.74, 6) is 0.204. The lowest BCUT2D eigenvalue weighted by molar-refractivity contribution is 0.0593. The van der Waals surface area contributed by atoms with Gasteiger partial charge in [0.05, 0.1) is 18.7 Å². The Morgan fingerprint density at radius 3 is 2.55 bits per heavy atom. The molecule has 0 bridgehead atoms. The quantitative estimate of drug-likeness (QED) is 0.804. The topological polar surface area (TPSA) is 48.4 Å². The zero-order chi connectivity index (χ0) is 14.9. The first-order chi connectivity index (χ1) is 9.43. The summed E-state index contributed by atoms with van der Waals surface area (Å²) in [6.45, 7) is 7.91. The molecule has 1 aromatic carbocycles. The van der Waals surface area contributed by atoms with Gasteiger partial charge >= 0.3 is 5.97 Å². The number of methoxy groups -OCH3 is 1. The summed E-state index contributed by atoms with van der Waals surface area (Å²) >= 11 is 0. The van der Waals surface area contributed by atoms with Gasteiger partial charge in [-0.2, -0.15) is 0 Å². The van der Waals surface area contributed by atoms with E-state index in [4.69, 9.17) is 9.47 Å². The number of aryl methyl sites for hydroxylation is 2. The molecule has 1 heterocycles. The van der Waals surface area contributed by atoms with Crippen molar-refractivity contribution in [2.24, 2.45) is 0 Å². The van der Waals surface area contributed by atoms with E-state index in [0.717, 1.165) is 22.0 Å². The van der Waals surface area contributed by atoms with E-state index in [9.17, 15) is 4.79 Å². The van der Waals surface area contributed by atoms with Crippen LogP contribution in [-0.4, -0.2) is 24.2 Å². The number of carbonyl (C=O) groups is 1. The molecule has 4 nitrogen and oxygen atoms in total. The van der Waals surface area contributed by atoms with E-state index in [2.05, 4.69) is 4.98 Å². The van der Waals surface area contributed by atoms with Gasteiger partial charge in [0.15, 0.2) is 5.69 Å². The number of fused-ring (bicyclic) bond motifs is 1. The Bertz CT molecular complexity index is 662. The number of pyridine rings is 1. The first kappa shape index (κ1) is 14.3. The predicted octanol–water partition coefficient (Wildman–Crippen LogP) is 3.43. The van der Waals surface area contributed by atoms with E-state index in [0.29, 0.717) is 5.75 Å². The minimum atomic E-state index is -0.457. The van der Waals surface area contributed by atoms with Gasteiger partial charge in [-0.3, -0.25) is 0 Å². The molecule has 1 aromatic heterocycles. The smallest absolute Gasteiger partial charge is 0.356 e. The number of esters is 1. The van der Waals surface area contributed by atoms with Crippen LogP contribution in [0.3, 0.4) is 0 Å². The highest BCUT2D eigenvalue weighted by Crippen LogP contribution is 2.30. The third kappa shape index (κ3) is 2.59. The van der Waals surface area contributed by atoms with E-state index in [1.165, 1.54) is 7.11 Å². The number of aromatic nitrogens is 1. The van der Waals surface area contributed by atoms with Crippen LogP contribution in [0.15, 0.2) is 18.2 Å². The summed E-state index contributed by atoms with van der Waals surface area (Å²) in [4.78, 5) is 16.2. The lowest BCUT2D eigenvalue weighted by atomic mass is 10.0. The van der Waals surface area contributed by atoms with Crippen LogP contribution in [0.1, 0.15) is 35.5 Å². The Morgan fingerprint density at radius 2 is 1.95 bits per heavy atom. The maximum absolute atomic E-state index is 11.8. The molecular formula is C16H19NO3. The average molecular weight is 273 g/mol. The summed E-state index contributed by atoms with van der Waals surface area (Å²) in [6, 6.07) is 5.65. The maximum Gasteiger partial charge on any atom is 0.356 e. The molecule has 0 saturated heterocycles. The van der Waals surface area contributed by atoms with Crippen molar-refractivity contribution >= 4 is 16.9 Å². The Labute approximate surface area is 118 Å². The molecule has 0 N–H and O–H groups in total. The average Bonchev–Trinajstić information content (AvgIpc) is 2.41. The molecule has 0 amide bonds. The lowest BCUT2D eigenvalue weighted by Crippen LogP contribution is -2.10. The molecule has 0 unspecified atom stereocenters. The highest BCUT2D eigenvalue weighted by atomic mass is 16.5. The largest absolute Gasteiger partial charge is 0.490 e. The van der Waals surface area contributed by atoms with E-state index in [1.54, 1.807) is 6.07 Å². The van der Waals surface area contributed by atoms with Crippen LogP contribution in [0.5, 0.6) is 5.75 Å². The molecule has 4 heteroatoms. The van der Waals surface area contributed by atoms with Gasteiger partial charge in [0.1, 0.15) is 5.75 Å². The summed E-state index contributed by atoms with van der Waals surface area (Å²) < 4.78 is 10.6. The first-order valence-corrected chi connectivity index (χ1v) is 6.60.